The number of aliphatic hydroxyl groups is 4. The molecule has 2 unspecified atom stereocenters. The van der Waals surface area contributed by atoms with E-state index in [1.807, 2.05) is 0 Å². The predicted molar refractivity (Wildman–Crippen MR) is 126 cm³/mol. The van der Waals surface area contributed by atoms with Gasteiger partial charge in [0, 0.05) is 18.6 Å². The molecule has 2 atom stereocenters. The molecule has 0 spiro atoms. The van der Waals surface area contributed by atoms with Crippen LogP contribution in [0, 0.1) is 0 Å². The molecule has 31 heavy (non-hydrogen) atoms. The Morgan fingerprint density at radius 1 is 0.613 bits per heavy atom. The molecule has 2 rings (SSSR count). The molecule has 2 aromatic rings. The molecule has 2 aromatic carbocycles. The molecule has 0 radical (unpaired) electrons. The minimum atomic E-state index is -0.364. The van der Waals surface area contributed by atoms with E-state index in [0.717, 1.165) is 49.7 Å². The lowest BCUT2D eigenvalue weighted by molar-refractivity contribution is 0.157. The van der Waals surface area contributed by atoms with Crippen molar-refractivity contribution < 1.29 is 20.4 Å². The van der Waals surface area contributed by atoms with Gasteiger partial charge in [0.2, 0.25) is 0 Å². The zero-order chi connectivity index (χ0) is 22.7. The second-order valence-electron chi connectivity index (χ2n) is 9.17. The number of hydrogen-bond donors (Lipinski definition) is 4. The average molecular weight is 429 g/mol. The van der Waals surface area contributed by atoms with Gasteiger partial charge < -0.3 is 20.4 Å². The van der Waals surface area contributed by atoms with Crippen LogP contribution in [0.2, 0.25) is 0 Å². The van der Waals surface area contributed by atoms with Crippen molar-refractivity contribution in [2.24, 2.45) is 0 Å². The Labute approximate surface area is 187 Å². The molecule has 172 valence electrons. The lowest BCUT2D eigenvalue weighted by atomic mass is 9.77. The highest BCUT2D eigenvalue weighted by Crippen LogP contribution is 2.32. The summed E-state index contributed by atoms with van der Waals surface area (Å²) >= 11 is 0. The summed E-state index contributed by atoms with van der Waals surface area (Å²) in [6.07, 6.45) is 5.16. The van der Waals surface area contributed by atoms with Crippen molar-refractivity contribution in [3.63, 3.8) is 0 Å². The first-order valence-corrected chi connectivity index (χ1v) is 11.6. The molecule has 0 aliphatic heterocycles. The zero-order valence-electron chi connectivity index (χ0n) is 19.1. The van der Waals surface area contributed by atoms with E-state index in [2.05, 4.69) is 62.4 Å². The first kappa shape index (κ1) is 25.5. The van der Waals surface area contributed by atoms with E-state index in [1.165, 1.54) is 11.1 Å². The van der Waals surface area contributed by atoms with E-state index < -0.39 is 0 Å². The molecule has 0 saturated heterocycles. The first-order valence-electron chi connectivity index (χ1n) is 11.6. The minimum Gasteiger partial charge on any atom is -0.396 e. The van der Waals surface area contributed by atoms with E-state index in [0.29, 0.717) is 12.8 Å². The van der Waals surface area contributed by atoms with Crippen molar-refractivity contribution in [3.8, 4) is 0 Å². The van der Waals surface area contributed by atoms with E-state index >= 15 is 0 Å². The van der Waals surface area contributed by atoms with Crippen LogP contribution in [0.4, 0.5) is 0 Å². The van der Waals surface area contributed by atoms with Gasteiger partial charge in [-0.2, -0.15) is 0 Å². The molecule has 0 amide bonds. The van der Waals surface area contributed by atoms with Crippen molar-refractivity contribution in [2.45, 2.75) is 82.8 Å². The molecule has 0 aromatic heterocycles. The van der Waals surface area contributed by atoms with Gasteiger partial charge in [-0.1, -0.05) is 62.4 Å². The predicted octanol–water partition coefficient (Wildman–Crippen LogP) is 4.14. The molecule has 4 N–H and O–H groups in total. The van der Waals surface area contributed by atoms with Crippen LogP contribution < -0.4 is 0 Å². The Kier molecular flexibility index (Phi) is 10.7. The summed E-state index contributed by atoms with van der Waals surface area (Å²) in [7, 11) is 0. The zero-order valence-corrected chi connectivity index (χ0v) is 19.1. The normalized spacial score (nSPS) is 13.9. The van der Waals surface area contributed by atoms with Gasteiger partial charge >= 0.3 is 0 Å². The second-order valence-corrected chi connectivity index (χ2v) is 9.17. The molecular formula is C27H40O4. The summed E-state index contributed by atoms with van der Waals surface area (Å²) in [4.78, 5) is 0. The minimum absolute atomic E-state index is 0.142. The molecule has 4 nitrogen and oxygen atoms in total. The van der Waals surface area contributed by atoms with Gasteiger partial charge in [-0.25, -0.2) is 0 Å². The highest BCUT2D eigenvalue weighted by atomic mass is 16.3. The summed E-state index contributed by atoms with van der Waals surface area (Å²) in [5.74, 6) is 0. The Morgan fingerprint density at radius 3 is 1.29 bits per heavy atom. The smallest absolute Gasteiger partial charge is 0.0580 e. The maximum Gasteiger partial charge on any atom is 0.0580 e. The second kappa shape index (κ2) is 13.0. The Morgan fingerprint density at radius 2 is 0.968 bits per heavy atom. The van der Waals surface area contributed by atoms with E-state index in [9.17, 15) is 10.2 Å². The van der Waals surface area contributed by atoms with Crippen LogP contribution in [-0.4, -0.2) is 45.8 Å². The monoisotopic (exact) mass is 428 g/mol. The Balaban J connectivity index is 1.96. The van der Waals surface area contributed by atoms with Gasteiger partial charge in [0.15, 0.2) is 0 Å². The number of benzene rings is 2. The molecule has 0 fully saturated rings. The standard InChI is InChI=1S/C27H40O4/c1-27(2,23-13-9-21(10-14-23)19-25(30)7-3-5-17-28)24-15-11-22(12-16-24)20-26(31)8-4-6-18-29/h9-16,25-26,28-31H,3-8,17-20H2,1-2H3. The van der Waals surface area contributed by atoms with Crippen LogP contribution in [0.25, 0.3) is 0 Å². The summed E-state index contributed by atoms with van der Waals surface area (Å²) in [5, 5.41) is 38.1. The Bertz CT molecular complexity index is 673. The van der Waals surface area contributed by atoms with Gasteiger partial charge in [0.25, 0.3) is 0 Å². The van der Waals surface area contributed by atoms with E-state index in [1.54, 1.807) is 0 Å². The fourth-order valence-electron chi connectivity index (χ4n) is 4.01. The summed E-state index contributed by atoms with van der Waals surface area (Å²) in [6, 6.07) is 17.0. The number of unbranched alkanes of at least 4 members (excludes halogenated alkanes) is 2. The third-order valence-corrected chi connectivity index (χ3v) is 6.18. The third kappa shape index (κ3) is 8.38. The third-order valence-electron chi connectivity index (χ3n) is 6.18. The van der Waals surface area contributed by atoms with Gasteiger partial charge in [-0.3, -0.25) is 0 Å². The van der Waals surface area contributed by atoms with Crippen molar-refractivity contribution in [1.29, 1.82) is 0 Å². The van der Waals surface area contributed by atoms with Crippen LogP contribution in [0.3, 0.4) is 0 Å². The SMILES string of the molecule is CC(C)(c1ccc(CC(O)CCCCO)cc1)c1ccc(CC(O)CCCCO)cc1. The fourth-order valence-corrected chi connectivity index (χ4v) is 4.01. The summed E-state index contributed by atoms with van der Waals surface area (Å²) < 4.78 is 0. The molecule has 0 bridgehead atoms. The lowest BCUT2D eigenvalue weighted by Crippen LogP contribution is -2.19. The summed E-state index contributed by atoms with van der Waals surface area (Å²) in [5.41, 5.74) is 4.56. The first-order chi connectivity index (χ1) is 14.9. The van der Waals surface area contributed by atoms with Crippen LogP contribution in [-0.2, 0) is 18.3 Å². The Hall–Kier alpha value is -1.72. The van der Waals surface area contributed by atoms with Gasteiger partial charge in [-0.15, -0.1) is 0 Å². The largest absolute Gasteiger partial charge is 0.396 e. The molecule has 0 aliphatic rings. The molecule has 4 heteroatoms. The quantitative estimate of drug-likeness (QED) is 0.341. The summed E-state index contributed by atoms with van der Waals surface area (Å²) in [6.45, 7) is 4.79. The van der Waals surface area contributed by atoms with Crippen LogP contribution in [0.5, 0.6) is 0 Å². The van der Waals surface area contributed by atoms with Crippen LogP contribution in [0.15, 0.2) is 48.5 Å². The molecule has 0 heterocycles. The van der Waals surface area contributed by atoms with Crippen molar-refractivity contribution in [2.75, 3.05) is 13.2 Å². The number of rotatable bonds is 14. The number of aliphatic hydroxyl groups excluding tert-OH is 4. The van der Waals surface area contributed by atoms with Gasteiger partial charge in [-0.05, 0) is 73.6 Å². The molecule has 0 saturated carbocycles. The lowest BCUT2D eigenvalue weighted by Gasteiger charge is -2.27. The molecule has 0 aliphatic carbocycles. The van der Waals surface area contributed by atoms with E-state index in [4.69, 9.17) is 10.2 Å². The average Bonchev–Trinajstić information content (AvgIpc) is 2.75. The number of hydrogen-bond acceptors (Lipinski definition) is 4. The maximum absolute atomic E-state index is 10.2. The van der Waals surface area contributed by atoms with Crippen molar-refractivity contribution >= 4 is 0 Å². The van der Waals surface area contributed by atoms with Crippen LogP contribution in [0.1, 0.15) is 74.6 Å². The maximum atomic E-state index is 10.2. The topological polar surface area (TPSA) is 80.9 Å². The highest BCUT2D eigenvalue weighted by molar-refractivity contribution is 5.40. The van der Waals surface area contributed by atoms with E-state index in [-0.39, 0.29) is 30.8 Å². The fraction of sp³-hybridized carbons (Fsp3) is 0.556. The van der Waals surface area contributed by atoms with Crippen LogP contribution >= 0.6 is 0 Å². The highest BCUT2D eigenvalue weighted by Gasteiger charge is 2.23. The van der Waals surface area contributed by atoms with Gasteiger partial charge in [0.05, 0.1) is 12.2 Å². The van der Waals surface area contributed by atoms with Gasteiger partial charge in [0.1, 0.15) is 0 Å². The van der Waals surface area contributed by atoms with Crippen molar-refractivity contribution in [1.82, 2.24) is 0 Å². The molecular weight excluding hydrogens is 388 g/mol. The van der Waals surface area contributed by atoms with Crippen molar-refractivity contribution in [3.05, 3.63) is 70.8 Å².